The topological polar surface area (TPSA) is 21.3 Å². The largest absolute Gasteiger partial charge is 0.497 e. The number of methoxy groups -OCH3 is 1. The minimum Gasteiger partial charge on any atom is -0.497 e. The minimum absolute atomic E-state index is 0.138. The number of halogens is 1. The lowest BCUT2D eigenvalue weighted by molar-refractivity contribution is 0.413. The molecule has 0 aliphatic heterocycles. The second kappa shape index (κ2) is 5.17. The molecule has 1 atom stereocenters. The summed E-state index contributed by atoms with van der Waals surface area (Å²) in [6.07, 6.45) is 1.86. The minimum atomic E-state index is 0.138. The first-order valence-electron chi connectivity index (χ1n) is 4.36. The van der Waals surface area contributed by atoms with Gasteiger partial charge in [-0.15, -0.1) is 6.58 Å². The molecule has 0 fully saturated rings. The quantitative estimate of drug-likeness (QED) is 0.836. The van der Waals surface area contributed by atoms with Gasteiger partial charge in [-0.1, -0.05) is 22.0 Å². The molecule has 1 aromatic rings. The maximum absolute atomic E-state index is 5.17. The molecule has 0 saturated heterocycles. The van der Waals surface area contributed by atoms with Crippen molar-refractivity contribution in [3.63, 3.8) is 0 Å². The number of hydrogen-bond acceptors (Lipinski definition) is 2. The lowest BCUT2D eigenvalue weighted by Crippen LogP contribution is -2.14. The second-order valence-electron chi connectivity index (χ2n) is 2.89. The lowest BCUT2D eigenvalue weighted by Gasteiger charge is -2.14. The van der Waals surface area contributed by atoms with E-state index >= 15 is 0 Å². The molecule has 0 amide bonds. The van der Waals surface area contributed by atoms with Gasteiger partial charge >= 0.3 is 0 Å². The van der Waals surface area contributed by atoms with Crippen molar-refractivity contribution in [2.24, 2.45) is 0 Å². The number of hydrogen-bond donors (Lipinski definition) is 1. The Bertz CT molecular complexity index is 325. The van der Waals surface area contributed by atoms with Crippen LogP contribution in [0.25, 0.3) is 0 Å². The first-order valence-corrected chi connectivity index (χ1v) is 5.15. The van der Waals surface area contributed by atoms with Crippen molar-refractivity contribution in [3.8, 4) is 5.75 Å². The van der Waals surface area contributed by atoms with E-state index in [1.165, 1.54) is 0 Å². The summed E-state index contributed by atoms with van der Waals surface area (Å²) in [6.45, 7) is 3.78. The fourth-order valence-corrected chi connectivity index (χ4v) is 1.78. The van der Waals surface area contributed by atoms with Crippen molar-refractivity contribution in [2.45, 2.75) is 6.04 Å². The van der Waals surface area contributed by atoms with Crippen molar-refractivity contribution in [1.29, 1.82) is 0 Å². The average Bonchev–Trinajstić information content (AvgIpc) is 2.22. The molecule has 1 unspecified atom stereocenters. The van der Waals surface area contributed by atoms with Gasteiger partial charge in [-0.05, 0) is 30.8 Å². The van der Waals surface area contributed by atoms with E-state index in [1.54, 1.807) is 7.11 Å². The summed E-state index contributed by atoms with van der Waals surface area (Å²) in [5.41, 5.74) is 1.13. The van der Waals surface area contributed by atoms with Gasteiger partial charge in [0.1, 0.15) is 5.75 Å². The van der Waals surface area contributed by atoms with Crippen LogP contribution >= 0.6 is 15.9 Å². The number of likely N-dealkylation sites (N-methyl/N-ethyl adjacent to an activating group) is 1. The zero-order valence-electron chi connectivity index (χ0n) is 8.38. The van der Waals surface area contributed by atoms with E-state index in [1.807, 2.05) is 31.3 Å². The molecule has 1 N–H and O–H groups in total. The number of nitrogens with one attached hydrogen (secondary N) is 1. The molecular weight excluding hydrogens is 242 g/mol. The van der Waals surface area contributed by atoms with Gasteiger partial charge in [-0.2, -0.15) is 0 Å². The molecule has 76 valence electrons. The van der Waals surface area contributed by atoms with E-state index < -0.39 is 0 Å². The Morgan fingerprint density at radius 1 is 1.57 bits per heavy atom. The Hall–Kier alpha value is -0.800. The molecule has 14 heavy (non-hydrogen) atoms. The third kappa shape index (κ3) is 2.36. The van der Waals surface area contributed by atoms with Crippen LogP contribution in [0.5, 0.6) is 5.75 Å². The Labute approximate surface area is 93.1 Å². The SMILES string of the molecule is C=CC(NC)c1cc(OC)ccc1Br. The smallest absolute Gasteiger partial charge is 0.119 e. The van der Waals surface area contributed by atoms with Crippen molar-refractivity contribution >= 4 is 15.9 Å². The van der Waals surface area contributed by atoms with E-state index in [2.05, 4.69) is 27.8 Å². The summed E-state index contributed by atoms with van der Waals surface area (Å²) in [4.78, 5) is 0. The van der Waals surface area contributed by atoms with Gasteiger partial charge in [0.05, 0.1) is 13.2 Å². The van der Waals surface area contributed by atoms with E-state index in [0.717, 1.165) is 15.8 Å². The Morgan fingerprint density at radius 2 is 2.29 bits per heavy atom. The Morgan fingerprint density at radius 3 is 2.79 bits per heavy atom. The van der Waals surface area contributed by atoms with Crippen LogP contribution in [0, 0.1) is 0 Å². The summed E-state index contributed by atoms with van der Waals surface area (Å²) in [6, 6.07) is 6.03. The molecule has 0 spiro atoms. The molecular formula is C11H14BrNO. The average molecular weight is 256 g/mol. The number of benzene rings is 1. The molecule has 0 aliphatic rings. The normalized spacial score (nSPS) is 12.2. The Balaban J connectivity index is 3.10. The van der Waals surface area contributed by atoms with E-state index in [4.69, 9.17) is 4.74 Å². The van der Waals surface area contributed by atoms with Crippen LogP contribution in [-0.2, 0) is 0 Å². The van der Waals surface area contributed by atoms with Gasteiger partial charge in [-0.25, -0.2) is 0 Å². The van der Waals surface area contributed by atoms with Crippen LogP contribution in [0.2, 0.25) is 0 Å². The predicted octanol–water partition coefficient (Wildman–Crippen LogP) is 2.90. The molecule has 0 aliphatic carbocycles. The highest BCUT2D eigenvalue weighted by molar-refractivity contribution is 9.10. The summed E-state index contributed by atoms with van der Waals surface area (Å²) in [5, 5.41) is 3.16. The van der Waals surface area contributed by atoms with E-state index in [9.17, 15) is 0 Å². The monoisotopic (exact) mass is 255 g/mol. The second-order valence-corrected chi connectivity index (χ2v) is 3.74. The standard InChI is InChI=1S/C11H14BrNO/c1-4-11(13-2)9-7-8(14-3)5-6-10(9)12/h4-7,11,13H,1H2,2-3H3. The summed E-state index contributed by atoms with van der Waals surface area (Å²) in [7, 11) is 3.56. The molecule has 2 nitrogen and oxygen atoms in total. The first-order chi connectivity index (χ1) is 6.72. The van der Waals surface area contributed by atoms with Crippen molar-refractivity contribution < 1.29 is 4.74 Å². The molecule has 0 heterocycles. The van der Waals surface area contributed by atoms with Crippen LogP contribution in [0.4, 0.5) is 0 Å². The summed E-state index contributed by atoms with van der Waals surface area (Å²) >= 11 is 3.50. The number of ether oxygens (including phenoxy) is 1. The third-order valence-electron chi connectivity index (χ3n) is 2.08. The van der Waals surface area contributed by atoms with Gasteiger partial charge < -0.3 is 10.1 Å². The number of rotatable bonds is 4. The van der Waals surface area contributed by atoms with Crippen LogP contribution < -0.4 is 10.1 Å². The summed E-state index contributed by atoms with van der Waals surface area (Å²) in [5.74, 6) is 0.852. The van der Waals surface area contributed by atoms with Gasteiger partial charge in [0, 0.05) is 4.47 Å². The maximum atomic E-state index is 5.17. The van der Waals surface area contributed by atoms with E-state index in [0.29, 0.717) is 0 Å². The molecule has 1 aromatic carbocycles. The highest BCUT2D eigenvalue weighted by Gasteiger charge is 2.09. The van der Waals surface area contributed by atoms with Crippen molar-refractivity contribution in [1.82, 2.24) is 5.32 Å². The first kappa shape index (κ1) is 11.3. The molecule has 0 bridgehead atoms. The van der Waals surface area contributed by atoms with Gasteiger partial charge in [-0.3, -0.25) is 0 Å². The molecule has 1 rings (SSSR count). The molecule has 3 heteroatoms. The fourth-order valence-electron chi connectivity index (χ4n) is 1.29. The van der Waals surface area contributed by atoms with Gasteiger partial charge in [0.25, 0.3) is 0 Å². The highest BCUT2D eigenvalue weighted by Crippen LogP contribution is 2.27. The lowest BCUT2D eigenvalue weighted by atomic mass is 10.1. The van der Waals surface area contributed by atoms with Crippen LogP contribution in [0.3, 0.4) is 0 Å². The highest BCUT2D eigenvalue weighted by atomic mass is 79.9. The van der Waals surface area contributed by atoms with Gasteiger partial charge in [0.2, 0.25) is 0 Å². The fraction of sp³-hybridized carbons (Fsp3) is 0.273. The zero-order chi connectivity index (χ0) is 10.6. The molecule has 0 saturated carbocycles. The van der Waals surface area contributed by atoms with Crippen LogP contribution in [0.15, 0.2) is 35.3 Å². The molecule has 0 radical (unpaired) electrons. The van der Waals surface area contributed by atoms with Crippen LogP contribution in [0.1, 0.15) is 11.6 Å². The maximum Gasteiger partial charge on any atom is 0.119 e. The summed E-state index contributed by atoms with van der Waals surface area (Å²) < 4.78 is 6.22. The third-order valence-corrected chi connectivity index (χ3v) is 2.81. The van der Waals surface area contributed by atoms with Crippen molar-refractivity contribution in [3.05, 3.63) is 40.9 Å². The predicted molar refractivity (Wildman–Crippen MR) is 62.7 cm³/mol. The van der Waals surface area contributed by atoms with Crippen LogP contribution in [-0.4, -0.2) is 14.2 Å². The Kier molecular flexibility index (Phi) is 4.17. The van der Waals surface area contributed by atoms with E-state index in [-0.39, 0.29) is 6.04 Å². The molecule has 0 aromatic heterocycles. The van der Waals surface area contributed by atoms with Crippen molar-refractivity contribution in [2.75, 3.05) is 14.2 Å². The van der Waals surface area contributed by atoms with Gasteiger partial charge in [0.15, 0.2) is 0 Å². The zero-order valence-corrected chi connectivity index (χ0v) is 9.97.